The van der Waals surface area contributed by atoms with Crippen molar-refractivity contribution in [1.82, 2.24) is 5.32 Å². The first-order valence-electron chi connectivity index (χ1n) is 5.80. The Morgan fingerprint density at radius 2 is 2.31 bits per heavy atom. The van der Waals surface area contributed by atoms with Gasteiger partial charge in [-0.2, -0.15) is 0 Å². The van der Waals surface area contributed by atoms with Crippen molar-refractivity contribution in [1.29, 1.82) is 0 Å². The molecule has 0 amide bonds. The second-order valence-corrected chi connectivity index (χ2v) is 4.82. The SMILES string of the molecule is COCCC1(CNC(C)CC(N)=NO)CC1. The third kappa shape index (κ3) is 4.37. The largest absolute Gasteiger partial charge is 0.409 e. The maximum absolute atomic E-state index is 8.46. The lowest BCUT2D eigenvalue weighted by atomic mass is 10.0. The van der Waals surface area contributed by atoms with Crippen molar-refractivity contribution in [2.75, 3.05) is 20.3 Å². The summed E-state index contributed by atoms with van der Waals surface area (Å²) in [5.41, 5.74) is 5.89. The van der Waals surface area contributed by atoms with E-state index in [1.165, 1.54) is 12.8 Å². The molecule has 0 bridgehead atoms. The number of ether oxygens (including phenoxy) is 1. The van der Waals surface area contributed by atoms with Crippen molar-refractivity contribution < 1.29 is 9.94 Å². The van der Waals surface area contributed by atoms with Gasteiger partial charge in [-0.05, 0) is 31.6 Å². The molecule has 1 aliphatic rings. The van der Waals surface area contributed by atoms with Crippen LogP contribution in [0.5, 0.6) is 0 Å². The normalized spacial score (nSPS) is 20.8. The molecule has 0 heterocycles. The van der Waals surface area contributed by atoms with Crippen molar-refractivity contribution in [3.8, 4) is 0 Å². The van der Waals surface area contributed by atoms with Gasteiger partial charge in [-0.25, -0.2) is 0 Å². The van der Waals surface area contributed by atoms with Gasteiger partial charge in [-0.15, -0.1) is 0 Å². The summed E-state index contributed by atoms with van der Waals surface area (Å²) < 4.78 is 5.11. The van der Waals surface area contributed by atoms with Crippen LogP contribution in [0.15, 0.2) is 5.16 Å². The fourth-order valence-corrected chi connectivity index (χ4v) is 1.83. The van der Waals surface area contributed by atoms with Crippen LogP contribution in [0.25, 0.3) is 0 Å². The summed E-state index contributed by atoms with van der Waals surface area (Å²) >= 11 is 0. The van der Waals surface area contributed by atoms with Crippen LogP contribution in [0.3, 0.4) is 0 Å². The van der Waals surface area contributed by atoms with Crippen molar-refractivity contribution in [2.45, 2.75) is 38.6 Å². The average molecular weight is 229 g/mol. The van der Waals surface area contributed by atoms with E-state index < -0.39 is 0 Å². The van der Waals surface area contributed by atoms with Gasteiger partial charge in [-0.1, -0.05) is 5.16 Å². The molecule has 1 fully saturated rings. The number of nitrogens with zero attached hydrogens (tertiary/aromatic N) is 1. The molecule has 0 aromatic carbocycles. The first kappa shape index (κ1) is 13.3. The van der Waals surface area contributed by atoms with Gasteiger partial charge in [-0.3, -0.25) is 0 Å². The molecule has 0 aliphatic heterocycles. The number of rotatable bonds is 8. The second kappa shape index (κ2) is 6.06. The summed E-state index contributed by atoms with van der Waals surface area (Å²) in [5, 5.41) is 14.9. The van der Waals surface area contributed by atoms with E-state index >= 15 is 0 Å². The molecule has 1 rings (SSSR count). The minimum atomic E-state index is 0.246. The van der Waals surface area contributed by atoms with E-state index in [-0.39, 0.29) is 11.9 Å². The van der Waals surface area contributed by atoms with Gasteiger partial charge in [0.15, 0.2) is 0 Å². The quantitative estimate of drug-likeness (QED) is 0.250. The van der Waals surface area contributed by atoms with Gasteiger partial charge in [0.1, 0.15) is 5.84 Å². The minimum Gasteiger partial charge on any atom is -0.409 e. The predicted molar refractivity (Wildman–Crippen MR) is 63.7 cm³/mol. The van der Waals surface area contributed by atoms with Crippen LogP contribution < -0.4 is 11.1 Å². The second-order valence-electron chi connectivity index (χ2n) is 4.82. The van der Waals surface area contributed by atoms with Crippen LogP contribution in [0.4, 0.5) is 0 Å². The first-order valence-corrected chi connectivity index (χ1v) is 5.80. The highest BCUT2D eigenvalue weighted by Gasteiger charge is 2.41. The highest BCUT2D eigenvalue weighted by Crippen LogP contribution is 2.48. The number of amidine groups is 1. The van der Waals surface area contributed by atoms with Crippen molar-refractivity contribution in [3.63, 3.8) is 0 Å². The third-order valence-electron chi connectivity index (χ3n) is 3.26. The topological polar surface area (TPSA) is 79.9 Å². The van der Waals surface area contributed by atoms with Crippen LogP contribution in [0.1, 0.15) is 32.6 Å². The van der Waals surface area contributed by atoms with Crippen molar-refractivity contribution in [3.05, 3.63) is 0 Å². The Morgan fingerprint density at radius 3 is 2.81 bits per heavy atom. The molecule has 0 radical (unpaired) electrons. The van der Waals surface area contributed by atoms with E-state index in [0.717, 1.165) is 19.6 Å². The van der Waals surface area contributed by atoms with Gasteiger partial charge in [0.25, 0.3) is 0 Å². The summed E-state index contributed by atoms with van der Waals surface area (Å²) in [7, 11) is 1.74. The lowest BCUT2D eigenvalue weighted by Crippen LogP contribution is -2.35. The van der Waals surface area contributed by atoms with Crippen molar-refractivity contribution in [2.24, 2.45) is 16.3 Å². The fourth-order valence-electron chi connectivity index (χ4n) is 1.83. The van der Waals surface area contributed by atoms with Crippen LogP contribution in [0, 0.1) is 5.41 Å². The Balaban J connectivity index is 2.18. The molecular formula is C11H23N3O2. The Hall–Kier alpha value is -0.810. The van der Waals surface area contributed by atoms with Gasteiger partial charge < -0.3 is 21.0 Å². The third-order valence-corrected chi connectivity index (χ3v) is 3.26. The first-order chi connectivity index (χ1) is 7.62. The molecule has 0 aromatic rings. The lowest BCUT2D eigenvalue weighted by Gasteiger charge is -2.19. The zero-order chi connectivity index (χ0) is 12.0. The molecule has 1 saturated carbocycles. The van der Waals surface area contributed by atoms with E-state index in [0.29, 0.717) is 11.8 Å². The average Bonchev–Trinajstić information content (AvgIpc) is 3.04. The Morgan fingerprint density at radius 1 is 1.62 bits per heavy atom. The van der Waals surface area contributed by atoms with E-state index in [4.69, 9.17) is 15.7 Å². The summed E-state index contributed by atoms with van der Waals surface area (Å²) in [6.45, 7) is 3.87. The van der Waals surface area contributed by atoms with Crippen molar-refractivity contribution >= 4 is 5.84 Å². The Bertz CT molecular complexity index is 239. The number of methoxy groups -OCH3 is 1. The number of oxime groups is 1. The van der Waals surface area contributed by atoms with E-state index in [9.17, 15) is 0 Å². The molecule has 1 unspecified atom stereocenters. The van der Waals surface area contributed by atoms with Gasteiger partial charge in [0.05, 0.1) is 0 Å². The number of hydrogen-bond donors (Lipinski definition) is 3. The molecule has 5 nitrogen and oxygen atoms in total. The molecule has 1 atom stereocenters. The summed E-state index contributed by atoms with van der Waals surface area (Å²) in [5.74, 6) is 0.279. The molecule has 4 N–H and O–H groups in total. The Kier molecular flexibility index (Phi) is 5.02. The fraction of sp³-hybridized carbons (Fsp3) is 0.909. The molecule has 0 spiro atoms. The standard InChI is InChI=1S/C11H23N3O2/c1-9(7-10(12)14-15)13-8-11(3-4-11)5-6-16-2/h9,13,15H,3-8H2,1-2H3,(H2,12,14). The lowest BCUT2D eigenvalue weighted by molar-refractivity contribution is 0.170. The van der Waals surface area contributed by atoms with E-state index in [1.807, 2.05) is 6.92 Å². The molecule has 0 aromatic heterocycles. The molecule has 0 saturated heterocycles. The molecule has 94 valence electrons. The molecule has 1 aliphatic carbocycles. The smallest absolute Gasteiger partial charge is 0.140 e. The summed E-state index contributed by atoms with van der Waals surface area (Å²) in [6.07, 6.45) is 4.25. The zero-order valence-electron chi connectivity index (χ0n) is 10.2. The maximum atomic E-state index is 8.46. The van der Waals surface area contributed by atoms with Crippen LogP contribution in [-0.2, 0) is 4.74 Å². The van der Waals surface area contributed by atoms with Gasteiger partial charge in [0, 0.05) is 32.7 Å². The predicted octanol–water partition coefficient (Wildman–Crippen LogP) is 0.918. The molecule has 16 heavy (non-hydrogen) atoms. The summed E-state index contributed by atoms with van der Waals surface area (Å²) in [4.78, 5) is 0. The number of nitrogens with one attached hydrogen (secondary N) is 1. The van der Waals surface area contributed by atoms with Crippen LogP contribution >= 0.6 is 0 Å². The maximum Gasteiger partial charge on any atom is 0.140 e. The van der Waals surface area contributed by atoms with Crippen LogP contribution in [-0.4, -0.2) is 37.3 Å². The monoisotopic (exact) mass is 229 g/mol. The number of hydrogen-bond acceptors (Lipinski definition) is 4. The minimum absolute atomic E-state index is 0.246. The Labute approximate surface area is 97.0 Å². The molecular weight excluding hydrogens is 206 g/mol. The molecule has 5 heteroatoms. The van der Waals surface area contributed by atoms with Crippen LogP contribution in [0.2, 0.25) is 0 Å². The highest BCUT2D eigenvalue weighted by molar-refractivity contribution is 5.80. The highest BCUT2D eigenvalue weighted by atomic mass is 16.5. The van der Waals surface area contributed by atoms with E-state index in [2.05, 4.69) is 10.5 Å². The zero-order valence-corrected chi connectivity index (χ0v) is 10.2. The van der Waals surface area contributed by atoms with Gasteiger partial charge >= 0.3 is 0 Å². The number of nitrogens with two attached hydrogens (primary N) is 1. The summed E-state index contributed by atoms with van der Waals surface area (Å²) in [6, 6.07) is 0.246. The van der Waals surface area contributed by atoms with Gasteiger partial charge in [0.2, 0.25) is 0 Å². The van der Waals surface area contributed by atoms with E-state index in [1.54, 1.807) is 7.11 Å².